The predicted octanol–water partition coefficient (Wildman–Crippen LogP) is 0.602. The Morgan fingerprint density at radius 2 is 1.87 bits per heavy atom. The van der Waals surface area contributed by atoms with Crippen LogP contribution in [0.4, 0.5) is 13.2 Å². The standard InChI is InChI=1S/C14H12F3N3O3/c15-14(16,17)13(22)23-20-11-6-9-2-4-18-3-1-8(9)5-10(11)19-7-12(20)21/h5-7,18H,1-4H2. The molecule has 23 heavy (non-hydrogen) atoms. The third-order valence-electron chi connectivity index (χ3n) is 3.58. The van der Waals surface area contributed by atoms with E-state index in [1.165, 1.54) is 0 Å². The Morgan fingerprint density at radius 3 is 2.52 bits per heavy atom. The third kappa shape index (κ3) is 3.04. The first-order valence-electron chi connectivity index (χ1n) is 6.90. The van der Waals surface area contributed by atoms with Gasteiger partial charge < -0.3 is 10.2 Å². The van der Waals surface area contributed by atoms with E-state index in [0.717, 1.165) is 30.3 Å². The van der Waals surface area contributed by atoms with Gasteiger partial charge >= 0.3 is 17.7 Å². The monoisotopic (exact) mass is 327 g/mol. The summed E-state index contributed by atoms with van der Waals surface area (Å²) in [4.78, 5) is 31.0. The van der Waals surface area contributed by atoms with Crippen molar-refractivity contribution in [3.63, 3.8) is 0 Å². The van der Waals surface area contributed by atoms with Crippen molar-refractivity contribution in [2.75, 3.05) is 13.1 Å². The number of hydrogen-bond acceptors (Lipinski definition) is 5. The maximum absolute atomic E-state index is 12.4. The number of alkyl halides is 3. The van der Waals surface area contributed by atoms with Gasteiger partial charge in [0.1, 0.15) is 5.52 Å². The Hall–Kier alpha value is -2.42. The maximum atomic E-state index is 12.4. The summed E-state index contributed by atoms with van der Waals surface area (Å²) in [5.41, 5.74) is 1.27. The minimum Gasteiger partial charge on any atom is -0.324 e. The lowest BCUT2D eigenvalue weighted by atomic mass is 10.0. The quantitative estimate of drug-likeness (QED) is 0.830. The first-order chi connectivity index (χ1) is 10.9. The number of halogens is 3. The molecule has 0 spiro atoms. The zero-order valence-electron chi connectivity index (χ0n) is 11.8. The molecule has 3 rings (SSSR count). The number of aromatic nitrogens is 2. The van der Waals surface area contributed by atoms with Crippen LogP contribution < -0.4 is 15.7 Å². The smallest absolute Gasteiger partial charge is 0.324 e. The molecular formula is C14H12F3N3O3. The molecule has 122 valence electrons. The van der Waals surface area contributed by atoms with Gasteiger partial charge in [-0.3, -0.25) is 4.79 Å². The van der Waals surface area contributed by atoms with Gasteiger partial charge in [-0.05, 0) is 49.2 Å². The summed E-state index contributed by atoms with van der Waals surface area (Å²) in [5, 5.41) is 3.20. The molecule has 0 amide bonds. The van der Waals surface area contributed by atoms with Gasteiger partial charge in [0.25, 0.3) is 0 Å². The van der Waals surface area contributed by atoms with Crippen molar-refractivity contribution < 1.29 is 22.8 Å². The van der Waals surface area contributed by atoms with Crippen LogP contribution in [0.3, 0.4) is 0 Å². The normalized spacial score (nSPS) is 15.1. The Kier molecular flexibility index (Phi) is 3.80. The first kappa shape index (κ1) is 15.5. The molecule has 0 aliphatic carbocycles. The lowest BCUT2D eigenvalue weighted by molar-refractivity contribution is -0.199. The van der Waals surface area contributed by atoms with E-state index >= 15 is 0 Å². The van der Waals surface area contributed by atoms with E-state index in [4.69, 9.17) is 0 Å². The number of rotatable bonds is 1. The van der Waals surface area contributed by atoms with Crippen molar-refractivity contribution in [3.8, 4) is 0 Å². The average Bonchev–Trinajstić information content (AvgIpc) is 2.72. The van der Waals surface area contributed by atoms with Gasteiger partial charge in [0.2, 0.25) is 0 Å². The summed E-state index contributed by atoms with van der Waals surface area (Å²) in [6.07, 6.45) is -2.96. The molecule has 1 aliphatic rings. The number of fused-ring (bicyclic) bond motifs is 2. The summed E-state index contributed by atoms with van der Waals surface area (Å²) < 4.78 is 37.5. The largest absolute Gasteiger partial charge is 0.493 e. The first-order valence-corrected chi connectivity index (χ1v) is 6.90. The summed E-state index contributed by atoms with van der Waals surface area (Å²) >= 11 is 0. The van der Waals surface area contributed by atoms with Crippen LogP contribution in [0.2, 0.25) is 0 Å². The van der Waals surface area contributed by atoms with E-state index in [2.05, 4.69) is 15.1 Å². The van der Waals surface area contributed by atoms with Crippen LogP contribution >= 0.6 is 0 Å². The summed E-state index contributed by atoms with van der Waals surface area (Å²) in [5.74, 6) is -2.45. The number of carbonyl (C=O) groups is 1. The van der Waals surface area contributed by atoms with Crippen molar-refractivity contribution in [3.05, 3.63) is 39.8 Å². The van der Waals surface area contributed by atoms with E-state index < -0.39 is 17.7 Å². The van der Waals surface area contributed by atoms with Crippen LogP contribution in [0.5, 0.6) is 0 Å². The van der Waals surface area contributed by atoms with E-state index in [-0.39, 0.29) is 5.52 Å². The number of nitrogens with zero attached hydrogens (tertiary/aromatic N) is 2. The molecule has 9 heteroatoms. The number of hydrogen-bond donors (Lipinski definition) is 1. The van der Waals surface area contributed by atoms with Gasteiger partial charge in [-0.2, -0.15) is 13.2 Å². The van der Waals surface area contributed by atoms with E-state index in [1.54, 1.807) is 12.1 Å². The van der Waals surface area contributed by atoms with Crippen molar-refractivity contribution in [1.29, 1.82) is 0 Å². The Bertz CT molecular complexity index is 830. The van der Waals surface area contributed by atoms with Crippen molar-refractivity contribution in [2.24, 2.45) is 0 Å². The second-order valence-corrected chi connectivity index (χ2v) is 5.13. The molecule has 1 N–H and O–H groups in total. The zero-order chi connectivity index (χ0) is 16.6. The van der Waals surface area contributed by atoms with Gasteiger partial charge in [-0.25, -0.2) is 9.78 Å². The average molecular weight is 327 g/mol. The molecule has 1 aromatic carbocycles. The fourth-order valence-corrected chi connectivity index (χ4v) is 2.49. The lowest BCUT2D eigenvalue weighted by Gasteiger charge is -2.13. The molecule has 0 saturated heterocycles. The number of nitrogens with one attached hydrogen (secondary N) is 1. The second-order valence-electron chi connectivity index (χ2n) is 5.13. The highest BCUT2D eigenvalue weighted by molar-refractivity contribution is 5.79. The zero-order valence-corrected chi connectivity index (χ0v) is 11.8. The molecular weight excluding hydrogens is 315 g/mol. The lowest BCUT2D eigenvalue weighted by Crippen LogP contribution is -2.38. The van der Waals surface area contributed by atoms with E-state index in [0.29, 0.717) is 23.2 Å². The third-order valence-corrected chi connectivity index (χ3v) is 3.58. The number of carbonyl (C=O) groups excluding carboxylic acids is 1. The van der Waals surface area contributed by atoms with Crippen LogP contribution in [0.25, 0.3) is 11.0 Å². The molecule has 0 radical (unpaired) electrons. The molecule has 0 bridgehead atoms. The van der Waals surface area contributed by atoms with Crippen molar-refractivity contribution in [2.45, 2.75) is 19.0 Å². The van der Waals surface area contributed by atoms with Gasteiger partial charge in [-0.1, -0.05) is 0 Å². The van der Waals surface area contributed by atoms with Crippen LogP contribution in [-0.4, -0.2) is 34.9 Å². The molecule has 2 aromatic rings. The second kappa shape index (κ2) is 5.65. The SMILES string of the molecule is O=C(On1c(=O)cnc2cc3c(cc21)CCNCC3)C(F)(F)F. The molecule has 0 saturated carbocycles. The van der Waals surface area contributed by atoms with E-state index in [1.807, 2.05) is 0 Å². The van der Waals surface area contributed by atoms with Crippen LogP contribution in [-0.2, 0) is 17.6 Å². The summed E-state index contributed by atoms with van der Waals surface area (Å²) in [6, 6.07) is 3.25. The van der Waals surface area contributed by atoms with Gasteiger partial charge in [0, 0.05) is 0 Å². The van der Waals surface area contributed by atoms with Crippen LogP contribution in [0, 0.1) is 0 Å². The highest BCUT2D eigenvalue weighted by atomic mass is 19.4. The molecule has 0 unspecified atom stereocenters. The van der Waals surface area contributed by atoms with Gasteiger partial charge in [0.05, 0.1) is 11.7 Å². The maximum Gasteiger partial charge on any atom is 0.493 e. The fraction of sp³-hybridized carbons (Fsp3) is 0.357. The Morgan fingerprint density at radius 1 is 1.22 bits per heavy atom. The molecule has 1 aromatic heterocycles. The van der Waals surface area contributed by atoms with Crippen molar-refractivity contribution >= 4 is 17.0 Å². The van der Waals surface area contributed by atoms with E-state index in [9.17, 15) is 22.8 Å². The molecule has 0 fully saturated rings. The molecule has 6 nitrogen and oxygen atoms in total. The highest BCUT2D eigenvalue weighted by Crippen LogP contribution is 2.21. The van der Waals surface area contributed by atoms with Crippen LogP contribution in [0.1, 0.15) is 11.1 Å². The summed E-state index contributed by atoms with van der Waals surface area (Å²) in [6.45, 7) is 1.49. The minimum absolute atomic E-state index is 0.0377. The van der Waals surface area contributed by atoms with Crippen LogP contribution in [0.15, 0.2) is 23.1 Å². The summed E-state index contributed by atoms with van der Waals surface area (Å²) in [7, 11) is 0. The Labute approximate surface area is 127 Å². The Balaban J connectivity index is 2.13. The molecule has 1 aliphatic heterocycles. The predicted molar refractivity (Wildman–Crippen MR) is 73.9 cm³/mol. The molecule has 2 heterocycles. The van der Waals surface area contributed by atoms with Gasteiger partial charge in [0.15, 0.2) is 0 Å². The fourth-order valence-electron chi connectivity index (χ4n) is 2.49. The topological polar surface area (TPSA) is 73.2 Å². The number of benzene rings is 1. The van der Waals surface area contributed by atoms with Crippen molar-refractivity contribution in [1.82, 2.24) is 15.0 Å². The minimum atomic E-state index is -5.19. The molecule has 0 atom stereocenters. The highest BCUT2D eigenvalue weighted by Gasteiger charge is 2.42. The van der Waals surface area contributed by atoms with Gasteiger partial charge in [-0.15, -0.1) is 4.73 Å².